The van der Waals surface area contributed by atoms with Crippen molar-refractivity contribution in [3.63, 3.8) is 0 Å². The third kappa shape index (κ3) is 6.69. The van der Waals surface area contributed by atoms with E-state index in [1.807, 2.05) is 30.3 Å². The molecule has 0 aliphatic heterocycles. The fourth-order valence-corrected chi connectivity index (χ4v) is 3.93. The third-order valence-corrected chi connectivity index (χ3v) is 5.68. The number of nitrogens with one attached hydrogen (secondary N) is 1. The quantitative estimate of drug-likeness (QED) is 0.223. The number of aryl methyl sites for hydroxylation is 1. The molecule has 0 bridgehead atoms. The summed E-state index contributed by atoms with van der Waals surface area (Å²) in [5.41, 5.74) is 0.481. The molecule has 1 N–H and O–H groups in total. The van der Waals surface area contributed by atoms with Gasteiger partial charge in [0.05, 0.1) is 18.7 Å². The Labute approximate surface area is 209 Å². The Morgan fingerprint density at radius 3 is 2.44 bits per heavy atom. The lowest BCUT2D eigenvalue weighted by Crippen LogP contribution is -2.13. The molecule has 176 valence electrons. The van der Waals surface area contributed by atoms with Crippen LogP contribution < -0.4 is 24.3 Å². The number of anilines is 1. The zero-order valence-electron chi connectivity index (χ0n) is 18.6. The van der Waals surface area contributed by atoms with Gasteiger partial charge in [0.15, 0.2) is 11.5 Å². The third-order valence-electron chi connectivity index (χ3n) is 4.33. The molecule has 34 heavy (non-hydrogen) atoms. The number of methoxy groups -OCH3 is 2. The summed E-state index contributed by atoms with van der Waals surface area (Å²) in [6, 6.07) is 12.5. The number of ether oxygens (including phenoxy) is 4. The molecular formula is C23H21BrN4O5S. The molecule has 0 fully saturated rings. The Hall–Kier alpha value is -3.62. The molecule has 3 aromatic rings. The predicted octanol–water partition coefficient (Wildman–Crippen LogP) is 4.63. The van der Waals surface area contributed by atoms with Crippen LogP contribution in [-0.4, -0.2) is 43.5 Å². The van der Waals surface area contributed by atoms with Crippen molar-refractivity contribution in [2.75, 3.05) is 32.8 Å². The van der Waals surface area contributed by atoms with Crippen LogP contribution in [0.15, 0.2) is 46.4 Å². The Morgan fingerprint density at radius 1 is 1.12 bits per heavy atom. The van der Waals surface area contributed by atoms with Gasteiger partial charge < -0.3 is 18.9 Å². The Morgan fingerprint density at radius 2 is 1.82 bits per heavy atom. The first kappa shape index (κ1) is 25.0. The van der Waals surface area contributed by atoms with Crippen LogP contribution in [0, 0.1) is 18.3 Å². The highest BCUT2D eigenvalue weighted by molar-refractivity contribution is 9.10. The van der Waals surface area contributed by atoms with Crippen molar-refractivity contribution in [2.45, 2.75) is 6.92 Å². The standard InChI is InChI=1S/C23H21BrN4O5S/c1-14-27-28-23(34-14)26-22(29)16(13-25)10-15-11-19(24)21(20(12-15)31-3)33-9-8-32-18-6-4-17(30-2)5-7-18/h4-7,10-12H,8-9H2,1-3H3,(H,26,28,29). The zero-order valence-corrected chi connectivity index (χ0v) is 21.0. The lowest BCUT2D eigenvalue weighted by molar-refractivity contribution is -0.112. The number of halogens is 1. The summed E-state index contributed by atoms with van der Waals surface area (Å²) in [5, 5.41) is 20.7. The SMILES string of the molecule is COc1ccc(OCCOc2c(Br)cc(C=C(C#N)C(=O)Nc3nnc(C)s3)cc2OC)cc1. The minimum absolute atomic E-state index is 0.0941. The average molecular weight is 545 g/mol. The normalized spacial score (nSPS) is 10.9. The van der Waals surface area contributed by atoms with Crippen molar-refractivity contribution >= 4 is 44.4 Å². The highest BCUT2D eigenvalue weighted by Crippen LogP contribution is 2.37. The van der Waals surface area contributed by atoms with E-state index in [1.165, 1.54) is 24.5 Å². The van der Waals surface area contributed by atoms with Gasteiger partial charge in [-0.05, 0) is 70.9 Å². The summed E-state index contributed by atoms with van der Waals surface area (Å²) in [5.74, 6) is 1.78. The van der Waals surface area contributed by atoms with Crippen LogP contribution in [0.4, 0.5) is 5.13 Å². The average Bonchev–Trinajstić information content (AvgIpc) is 3.25. The molecule has 11 heteroatoms. The van der Waals surface area contributed by atoms with Gasteiger partial charge in [0, 0.05) is 0 Å². The second-order valence-electron chi connectivity index (χ2n) is 6.66. The number of nitrogens with zero attached hydrogens (tertiary/aromatic N) is 3. The molecule has 0 unspecified atom stereocenters. The highest BCUT2D eigenvalue weighted by atomic mass is 79.9. The highest BCUT2D eigenvalue weighted by Gasteiger charge is 2.15. The van der Waals surface area contributed by atoms with Crippen molar-refractivity contribution in [1.29, 1.82) is 5.26 Å². The number of aromatic nitrogens is 2. The molecule has 0 saturated heterocycles. The molecule has 0 spiro atoms. The van der Waals surface area contributed by atoms with Gasteiger partial charge in [-0.25, -0.2) is 0 Å². The summed E-state index contributed by atoms with van der Waals surface area (Å²) in [4.78, 5) is 12.4. The maximum atomic E-state index is 12.4. The molecule has 2 aromatic carbocycles. The van der Waals surface area contributed by atoms with E-state index in [9.17, 15) is 10.1 Å². The molecular weight excluding hydrogens is 524 g/mol. The second-order valence-corrected chi connectivity index (χ2v) is 8.69. The van der Waals surface area contributed by atoms with Crippen LogP contribution in [0.25, 0.3) is 6.08 Å². The van der Waals surface area contributed by atoms with Gasteiger partial charge in [0.2, 0.25) is 5.13 Å². The van der Waals surface area contributed by atoms with Crippen LogP contribution in [0.1, 0.15) is 10.6 Å². The first-order chi connectivity index (χ1) is 16.4. The van der Waals surface area contributed by atoms with E-state index in [0.29, 0.717) is 44.0 Å². The van der Waals surface area contributed by atoms with Gasteiger partial charge >= 0.3 is 0 Å². The first-order valence-electron chi connectivity index (χ1n) is 9.94. The van der Waals surface area contributed by atoms with Crippen LogP contribution in [0.2, 0.25) is 0 Å². The van der Waals surface area contributed by atoms with Crippen molar-refractivity contribution < 1.29 is 23.7 Å². The van der Waals surface area contributed by atoms with Crippen molar-refractivity contribution in [3.05, 3.63) is 57.0 Å². The lowest BCUT2D eigenvalue weighted by atomic mass is 10.1. The molecule has 0 saturated carbocycles. The summed E-state index contributed by atoms with van der Waals surface area (Å²) >= 11 is 4.69. The van der Waals surface area contributed by atoms with Crippen molar-refractivity contribution in [1.82, 2.24) is 10.2 Å². The van der Waals surface area contributed by atoms with Crippen LogP contribution in [0.5, 0.6) is 23.0 Å². The number of rotatable bonds is 10. The van der Waals surface area contributed by atoms with Gasteiger partial charge in [-0.2, -0.15) is 5.26 Å². The van der Waals surface area contributed by atoms with Gasteiger partial charge in [-0.15, -0.1) is 10.2 Å². The maximum absolute atomic E-state index is 12.4. The van der Waals surface area contributed by atoms with Crippen molar-refractivity contribution in [3.8, 4) is 29.1 Å². The maximum Gasteiger partial charge on any atom is 0.268 e. The number of amides is 1. The monoisotopic (exact) mass is 544 g/mol. The van der Waals surface area contributed by atoms with Crippen LogP contribution in [0.3, 0.4) is 0 Å². The Kier molecular flexibility index (Phi) is 8.84. The lowest BCUT2D eigenvalue weighted by Gasteiger charge is -2.14. The predicted molar refractivity (Wildman–Crippen MR) is 132 cm³/mol. The number of nitriles is 1. The van der Waals surface area contributed by atoms with Crippen LogP contribution >= 0.6 is 27.3 Å². The fraction of sp³-hybridized carbons (Fsp3) is 0.217. The Balaban J connectivity index is 1.66. The number of carbonyl (C=O) groups excluding carboxylic acids is 1. The van der Waals surface area contributed by atoms with Crippen molar-refractivity contribution in [2.24, 2.45) is 0 Å². The topological polar surface area (TPSA) is 116 Å². The summed E-state index contributed by atoms with van der Waals surface area (Å²) in [7, 11) is 3.11. The zero-order chi connectivity index (χ0) is 24.5. The first-order valence-corrected chi connectivity index (χ1v) is 11.5. The van der Waals surface area contributed by atoms with E-state index in [4.69, 9.17) is 18.9 Å². The van der Waals surface area contributed by atoms with Gasteiger partial charge in [0.1, 0.15) is 41.4 Å². The van der Waals surface area contributed by atoms with Crippen LogP contribution in [-0.2, 0) is 4.79 Å². The van der Waals surface area contributed by atoms with E-state index in [-0.39, 0.29) is 12.2 Å². The van der Waals surface area contributed by atoms with E-state index in [0.717, 1.165) is 5.75 Å². The summed E-state index contributed by atoms with van der Waals surface area (Å²) in [6.07, 6.45) is 1.45. The molecule has 1 aromatic heterocycles. The Bertz CT molecular complexity index is 1220. The summed E-state index contributed by atoms with van der Waals surface area (Å²) < 4.78 is 22.7. The largest absolute Gasteiger partial charge is 0.497 e. The number of carbonyl (C=O) groups is 1. The molecule has 0 aliphatic rings. The number of hydrogen-bond donors (Lipinski definition) is 1. The molecule has 0 atom stereocenters. The molecule has 1 amide bonds. The molecule has 9 nitrogen and oxygen atoms in total. The molecule has 0 aliphatic carbocycles. The molecule has 0 radical (unpaired) electrons. The molecule has 1 heterocycles. The second kappa shape index (κ2) is 12.0. The van der Waals surface area contributed by atoms with Gasteiger partial charge in [0.25, 0.3) is 5.91 Å². The van der Waals surface area contributed by atoms with E-state index < -0.39 is 5.91 Å². The summed E-state index contributed by atoms with van der Waals surface area (Å²) in [6.45, 7) is 2.35. The smallest absolute Gasteiger partial charge is 0.268 e. The minimum Gasteiger partial charge on any atom is -0.497 e. The number of benzene rings is 2. The van der Waals surface area contributed by atoms with Gasteiger partial charge in [-0.3, -0.25) is 10.1 Å². The molecule has 3 rings (SSSR count). The fourth-order valence-electron chi connectivity index (χ4n) is 2.77. The van der Waals surface area contributed by atoms with E-state index in [2.05, 4.69) is 31.4 Å². The minimum atomic E-state index is -0.579. The van der Waals surface area contributed by atoms with E-state index in [1.54, 1.807) is 26.2 Å². The van der Waals surface area contributed by atoms with E-state index >= 15 is 0 Å². The van der Waals surface area contributed by atoms with Gasteiger partial charge in [-0.1, -0.05) is 11.3 Å². The number of hydrogen-bond acceptors (Lipinski definition) is 9.